The largest absolute Gasteiger partial charge is 0.476 e. The Kier molecular flexibility index (Phi) is 3.99. The minimum atomic E-state index is -4.48. The summed E-state index contributed by atoms with van der Waals surface area (Å²) in [4.78, 5) is 10.6. The summed E-state index contributed by atoms with van der Waals surface area (Å²) in [5.41, 5.74) is -0.925. The summed E-state index contributed by atoms with van der Waals surface area (Å²) < 4.78 is 37.5. The third-order valence-corrected chi connectivity index (χ3v) is 2.76. The maximum atomic E-state index is 12.5. The van der Waals surface area contributed by atoms with E-state index in [0.717, 1.165) is 18.2 Å². The van der Waals surface area contributed by atoms with Crippen molar-refractivity contribution in [1.29, 1.82) is 0 Å². The predicted octanol–water partition coefficient (Wildman–Crippen LogP) is 3.59. The molecule has 0 saturated carbocycles. The second-order valence-corrected chi connectivity index (χ2v) is 4.33. The highest BCUT2D eigenvalue weighted by Crippen LogP contribution is 2.34. The summed E-state index contributed by atoms with van der Waals surface area (Å²) in [7, 11) is 0. The van der Waals surface area contributed by atoms with Crippen molar-refractivity contribution < 1.29 is 23.1 Å². The first kappa shape index (κ1) is 15.0. The predicted molar refractivity (Wildman–Crippen MR) is 68.7 cm³/mol. The van der Waals surface area contributed by atoms with Gasteiger partial charge in [-0.3, -0.25) is 0 Å². The first-order valence-electron chi connectivity index (χ1n) is 5.48. The molecule has 21 heavy (non-hydrogen) atoms. The van der Waals surface area contributed by atoms with Crippen LogP contribution in [0.2, 0.25) is 5.02 Å². The molecule has 0 fully saturated rings. The molecule has 0 radical (unpaired) electrons. The van der Waals surface area contributed by atoms with Gasteiger partial charge in [-0.25, -0.2) is 4.79 Å². The van der Waals surface area contributed by atoms with Crippen molar-refractivity contribution >= 4 is 29.1 Å². The minimum absolute atomic E-state index is 0.145. The lowest BCUT2D eigenvalue weighted by atomic mass is 10.2. The van der Waals surface area contributed by atoms with Crippen LogP contribution in [-0.4, -0.2) is 21.3 Å². The van der Waals surface area contributed by atoms with Gasteiger partial charge in [0.15, 0.2) is 11.5 Å². The van der Waals surface area contributed by atoms with Crippen molar-refractivity contribution in [3.63, 3.8) is 0 Å². The van der Waals surface area contributed by atoms with E-state index in [1.54, 1.807) is 0 Å². The average molecular weight is 318 g/mol. The molecule has 0 saturated heterocycles. The summed E-state index contributed by atoms with van der Waals surface area (Å²) in [6.45, 7) is 0. The van der Waals surface area contributed by atoms with E-state index < -0.39 is 17.7 Å². The monoisotopic (exact) mass is 317 g/mol. The van der Waals surface area contributed by atoms with Crippen LogP contribution in [0.5, 0.6) is 0 Å². The van der Waals surface area contributed by atoms with Crippen LogP contribution in [-0.2, 0) is 6.18 Å². The lowest BCUT2D eigenvalue weighted by molar-refractivity contribution is -0.137. The highest BCUT2D eigenvalue weighted by Gasteiger charge is 2.30. The number of carboxylic acids is 1. The Morgan fingerprint density at radius 2 is 1.90 bits per heavy atom. The fourth-order valence-corrected chi connectivity index (χ4v) is 1.67. The summed E-state index contributed by atoms with van der Waals surface area (Å²) >= 11 is 5.76. The fraction of sp³-hybridized carbons (Fsp3) is 0.0833. The van der Waals surface area contributed by atoms with Crippen LogP contribution in [0.1, 0.15) is 16.1 Å². The van der Waals surface area contributed by atoms with Gasteiger partial charge in [0.1, 0.15) is 0 Å². The summed E-state index contributed by atoms with van der Waals surface area (Å²) in [5.74, 6) is -1.08. The molecule has 0 bridgehead atoms. The number of carboxylic acid groups (broad SMARTS) is 1. The third kappa shape index (κ3) is 3.60. The molecule has 0 spiro atoms. The smallest absolute Gasteiger partial charge is 0.416 e. The molecule has 0 unspecified atom stereocenters. The van der Waals surface area contributed by atoms with Gasteiger partial charge >= 0.3 is 12.1 Å². The molecule has 0 atom stereocenters. The van der Waals surface area contributed by atoms with Gasteiger partial charge in [0, 0.05) is 0 Å². The molecule has 2 aromatic rings. The SMILES string of the molecule is O=C(O)c1ccc(Nc2ccc(C(F)(F)F)cc2Cl)nn1. The van der Waals surface area contributed by atoms with Crippen molar-refractivity contribution in [3.8, 4) is 0 Å². The van der Waals surface area contributed by atoms with Gasteiger partial charge < -0.3 is 10.4 Å². The number of aromatic nitrogens is 2. The van der Waals surface area contributed by atoms with Crippen LogP contribution >= 0.6 is 11.6 Å². The quantitative estimate of drug-likeness (QED) is 0.904. The zero-order chi connectivity index (χ0) is 15.6. The molecule has 2 rings (SSSR count). The number of nitrogens with one attached hydrogen (secondary N) is 1. The summed E-state index contributed by atoms with van der Waals surface area (Å²) in [6.07, 6.45) is -4.48. The molecule has 110 valence electrons. The number of anilines is 2. The number of carbonyl (C=O) groups is 1. The Morgan fingerprint density at radius 1 is 1.19 bits per heavy atom. The molecule has 0 aliphatic carbocycles. The molecule has 9 heteroatoms. The second kappa shape index (κ2) is 5.57. The topological polar surface area (TPSA) is 75.1 Å². The standard InChI is InChI=1S/C12H7ClF3N3O2/c13-7-5-6(12(14,15)16)1-2-8(7)17-10-4-3-9(11(20)21)18-19-10/h1-5H,(H,17,19)(H,20,21). The molecule has 0 amide bonds. The Hall–Kier alpha value is -2.35. The van der Waals surface area contributed by atoms with Gasteiger partial charge in [-0.1, -0.05) is 11.6 Å². The van der Waals surface area contributed by atoms with E-state index in [1.807, 2.05) is 0 Å². The van der Waals surface area contributed by atoms with E-state index >= 15 is 0 Å². The Bertz CT molecular complexity index is 674. The van der Waals surface area contributed by atoms with Gasteiger partial charge in [-0.15, -0.1) is 10.2 Å². The van der Waals surface area contributed by atoms with Gasteiger partial charge in [0.05, 0.1) is 16.3 Å². The first-order valence-corrected chi connectivity index (χ1v) is 5.86. The minimum Gasteiger partial charge on any atom is -0.476 e. The van der Waals surface area contributed by atoms with Crippen molar-refractivity contribution in [2.24, 2.45) is 0 Å². The molecule has 0 aliphatic heterocycles. The average Bonchev–Trinajstić information content (AvgIpc) is 2.40. The third-order valence-electron chi connectivity index (χ3n) is 2.44. The van der Waals surface area contributed by atoms with E-state index in [-0.39, 0.29) is 22.2 Å². The number of alkyl halides is 3. The van der Waals surface area contributed by atoms with Crippen molar-refractivity contribution in [3.05, 3.63) is 46.6 Å². The van der Waals surface area contributed by atoms with Crippen molar-refractivity contribution in [2.75, 3.05) is 5.32 Å². The van der Waals surface area contributed by atoms with Gasteiger partial charge in [0.2, 0.25) is 0 Å². The first-order chi connectivity index (χ1) is 9.77. The normalized spacial score (nSPS) is 11.2. The number of aromatic carboxylic acids is 1. The summed E-state index contributed by atoms with van der Waals surface area (Å²) in [5, 5.41) is 18.2. The number of nitrogens with zero attached hydrogens (tertiary/aromatic N) is 2. The van der Waals surface area contributed by atoms with Gasteiger partial charge in [-0.05, 0) is 30.3 Å². The molecular formula is C12H7ClF3N3O2. The van der Waals surface area contributed by atoms with Crippen molar-refractivity contribution in [2.45, 2.75) is 6.18 Å². The number of halogens is 4. The van der Waals surface area contributed by atoms with Crippen LogP contribution < -0.4 is 5.32 Å². The van der Waals surface area contributed by atoms with Crippen molar-refractivity contribution in [1.82, 2.24) is 10.2 Å². The van der Waals surface area contributed by atoms with E-state index in [0.29, 0.717) is 0 Å². The number of benzene rings is 1. The molecular weight excluding hydrogens is 311 g/mol. The van der Waals surface area contributed by atoms with Crippen LogP contribution in [0.25, 0.3) is 0 Å². The lowest BCUT2D eigenvalue weighted by Crippen LogP contribution is -2.06. The highest BCUT2D eigenvalue weighted by molar-refractivity contribution is 6.33. The molecule has 1 aromatic carbocycles. The lowest BCUT2D eigenvalue weighted by Gasteiger charge is -2.11. The molecule has 2 N–H and O–H groups in total. The number of hydrogen-bond donors (Lipinski definition) is 2. The second-order valence-electron chi connectivity index (χ2n) is 3.93. The highest BCUT2D eigenvalue weighted by atomic mass is 35.5. The van der Waals surface area contributed by atoms with Crippen LogP contribution in [0.15, 0.2) is 30.3 Å². The van der Waals surface area contributed by atoms with Gasteiger partial charge in [0.25, 0.3) is 0 Å². The van der Waals surface area contributed by atoms with Crippen LogP contribution in [0, 0.1) is 0 Å². The maximum absolute atomic E-state index is 12.5. The zero-order valence-electron chi connectivity index (χ0n) is 10.1. The van der Waals surface area contributed by atoms with Gasteiger partial charge in [-0.2, -0.15) is 13.2 Å². The van der Waals surface area contributed by atoms with Crippen LogP contribution in [0.3, 0.4) is 0 Å². The number of hydrogen-bond acceptors (Lipinski definition) is 4. The molecule has 5 nitrogen and oxygen atoms in total. The molecule has 1 aromatic heterocycles. The number of rotatable bonds is 3. The maximum Gasteiger partial charge on any atom is 0.416 e. The van der Waals surface area contributed by atoms with E-state index in [1.165, 1.54) is 12.1 Å². The van der Waals surface area contributed by atoms with E-state index in [2.05, 4.69) is 15.5 Å². The zero-order valence-corrected chi connectivity index (χ0v) is 10.9. The fourth-order valence-electron chi connectivity index (χ4n) is 1.44. The van der Waals surface area contributed by atoms with E-state index in [4.69, 9.17) is 16.7 Å². The Morgan fingerprint density at radius 3 is 2.38 bits per heavy atom. The van der Waals surface area contributed by atoms with E-state index in [9.17, 15) is 18.0 Å². The molecule has 0 aliphatic rings. The molecule has 1 heterocycles. The van der Waals surface area contributed by atoms with Crippen LogP contribution in [0.4, 0.5) is 24.7 Å². The Labute approximate surface area is 121 Å². The summed E-state index contributed by atoms with van der Waals surface area (Å²) in [6, 6.07) is 5.33. The Balaban J connectivity index is 2.22.